The average molecular weight is 276 g/mol. The van der Waals surface area contributed by atoms with E-state index in [1.165, 1.54) is 5.56 Å². The highest BCUT2D eigenvalue weighted by atomic mass is 16.3. The minimum Gasteiger partial charge on any atom is -0.460 e. The maximum absolute atomic E-state index is 6.22. The van der Waals surface area contributed by atoms with Crippen LogP contribution >= 0.6 is 0 Å². The Hall–Kier alpha value is -2.28. The molecule has 21 heavy (non-hydrogen) atoms. The van der Waals surface area contributed by atoms with Gasteiger partial charge in [-0.2, -0.15) is 0 Å². The normalized spacial score (nSPS) is 11.6. The molecule has 0 radical (unpaired) electrons. The molecule has 0 saturated heterocycles. The van der Waals surface area contributed by atoms with Crippen LogP contribution in [0.2, 0.25) is 0 Å². The van der Waals surface area contributed by atoms with E-state index < -0.39 is 0 Å². The molecular formula is C20H20O. The van der Waals surface area contributed by atoms with Gasteiger partial charge in [0, 0.05) is 16.5 Å². The largest absolute Gasteiger partial charge is 0.460 e. The van der Waals surface area contributed by atoms with Crippen LogP contribution in [0.5, 0.6) is 0 Å². The summed E-state index contributed by atoms with van der Waals surface area (Å²) in [5.41, 5.74) is 3.46. The molecule has 2 aromatic carbocycles. The Labute approximate surface area is 126 Å². The number of furan rings is 1. The van der Waals surface area contributed by atoms with Crippen molar-refractivity contribution in [3.8, 4) is 22.5 Å². The number of hydrogen-bond acceptors (Lipinski definition) is 1. The molecule has 0 atom stereocenters. The summed E-state index contributed by atoms with van der Waals surface area (Å²) in [5.74, 6) is 1.96. The maximum atomic E-state index is 6.22. The van der Waals surface area contributed by atoms with Gasteiger partial charge in [0.2, 0.25) is 0 Å². The smallest absolute Gasteiger partial charge is 0.142 e. The molecule has 106 valence electrons. The molecule has 0 aliphatic rings. The highest BCUT2D eigenvalue weighted by molar-refractivity contribution is 5.80. The topological polar surface area (TPSA) is 13.1 Å². The van der Waals surface area contributed by atoms with Crippen molar-refractivity contribution in [2.24, 2.45) is 0 Å². The third-order valence-corrected chi connectivity index (χ3v) is 3.59. The van der Waals surface area contributed by atoms with Crippen LogP contribution < -0.4 is 0 Å². The van der Waals surface area contributed by atoms with Crippen LogP contribution in [0.1, 0.15) is 26.5 Å². The highest BCUT2D eigenvalue weighted by Gasteiger charge is 2.22. The van der Waals surface area contributed by atoms with E-state index in [1.54, 1.807) is 0 Å². The predicted octanol–water partition coefficient (Wildman–Crippen LogP) is 5.91. The molecule has 1 heteroatoms. The molecule has 3 rings (SSSR count). The first-order chi connectivity index (χ1) is 10.1. The van der Waals surface area contributed by atoms with E-state index in [4.69, 9.17) is 4.42 Å². The van der Waals surface area contributed by atoms with Gasteiger partial charge < -0.3 is 4.42 Å². The summed E-state index contributed by atoms with van der Waals surface area (Å²) >= 11 is 0. The highest BCUT2D eigenvalue weighted by Crippen LogP contribution is 2.38. The van der Waals surface area contributed by atoms with Gasteiger partial charge in [-0.25, -0.2) is 0 Å². The van der Waals surface area contributed by atoms with E-state index in [1.807, 2.05) is 24.3 Å². The van der Waals surface area contributed by atoms with Gasteiger partial charge in [-0.1, -0.05) is 81.4 Å². The van der Waals surface area contributed by atoms with E-state index in [9.17, 15) is 0 Å². The standard InChI is InChI=1S/C20H20O/c1-20(2,3)18-14-17(15-10-6-4-7-11-15)19(21-18)16-12-8-5-9-13-16/h4-14H,1-3H3. The van der Waals surface area contributed by atoms with E-state index in [0.29, 0.717) is 0 Å². The van der Waals surface area contributed by atoms with E-state index in [2.05, 4.69) is 63.2 Å². The molecule has 0 aliphatic carbocycles. The fraction of sp³-hybridized carbons (Fsp3) is 0.200. The van der Waals surface area contributed by atoms with Gasteiger partial charge >= 0.3 is 0 Å². The summed E-state index contributed by atoms with van der Waals surface area (Å²) in [6.07, 6.45) is 0. The van der Waals surface area contributed by atoms with Gasteiger partial charge in [0.1, 0.15) is 11.5 Å². The minimum absolute atomic E-state index is 0.00341. The second-order valence-corrected chi connectivity index (χ2v) is 6.34. The Bertz CT molecular complexity index is 659. The molecule has 3 aromatic rings. The SMILES string of the molecule is CC(C)(C)c1cc(-c2ccccc2)c(-c2ccccc2)o1. The zero-order chi connectivity index (χ0) is 14.9. The molecule has 0 fully saturated rings. The summed E-state index contributed by atoms with van der Waals surface area (Å²) < 4.78 is 6.22. The van der Waals surface area contributed by atoms with Crippen molar-refractivity contribution in [3.63, 3.8) is 0 Å². The molecule has 0 bridgehead atoms. The lowest BCUT2D eigenvalue weighted by Gasteiger charge is -2.14. The van der Waals surface area contributed by atoms with Crippen molar-refractivity contribution in [1.29, 1.82) is 0 Å². The maximum Gasteiger partial charge on any atom is 0.142 e. The second-order valence-electron chi connectivity index (χ2n) is 6.34. The molecule has 0 unspecified atom stereocenters. The van der Waals surface area contributed by atoms with Crippen LogP contribution in [-0.4, -0.2) is 0 Å². The third-order valence-electron chi connectivity index (χ3n) is 3.59. The van der Waals surface area contributed by atoms with Gasteiger partial charge in [-0.15, -0.1) is 0 Å². The number of rotatable bonds is 2. The minimum atomic E-state index is -0.00341. The fourth-order valence-electron chi connectivity index (χ4n) is 2.40. The molecule has 1 aromatic heterocycles. The quantitative estimate of drug-likeness (QED) is 0.567. The Kier molecular flexibility index (Phi) is 3.42. The summed E-state index contributed by atoms with van der Waals surface area (Å²) in [4.78, 5) is 0. The number of benzene rings is 2. The number of hydrogen-bond donors (Lipinski definition) is 0. The van der Waals surface area contributed by atoms with Crippen LogP contribution in [0.25, 0.3) is 22.5 Å². The second kappa shape index (κ2) is 5.25. The van der Waals surface area contributed by atoms with Crippen molar-refractivity contribution < 1.29 is 4.42 Å². The zero-order valence-electron chi connectivity index (χ0n) is 12.8. The summed E-state index contributed by atoms with van der Waals surface area (Å²) in [5, 5.41) is 0. The summed E-state index contributed by atoms with van der Waals surface area (Å²) in [7, 11) is 0. The molecule has 1 nitrogen and oxygen atoms in total. The van der Waals surface area contributed by atoms with Gasteiger partial charge in [-0.3, -0.25) is 0 Å². The van der Waals surface area contributed by atoms with Gasteiger partial charge in [-0.05, 0) is 11.6 Å². The Balaban J connectivity index is 2.20. The summed E-state index contributed by atoms with van der Waals surface area (Å²) in [6, 6.07) is 22.9. The average Bonchev–Trinajstić information content (AvgIpc) is 2.94. The lowest BCUT2D eigenvalue weighted by Crippen LogP contribution is -2.09. The lowest BCUT2D eigenvalue weighted by atomic mass is 9.92. The molecule has 0 spiro atoms. The van der Waals surface area contributed by atoms with Gasteiger partial charge in [0.05, 0.1) is 0 Å². The van der Waals surface area contributed by atoms with Crippen LogP contribution in [0.3, 0.4) is 0 Å². The third kappa shape index (κ3) is 2.78. The predicted molar refractivity (Wildman–Crippen MR) is 88.3 cm³/mol. The Morgan fingerprint density at radius 3 is 1.76 bits per heavy atom. The first-order valence-electron chi connectivity index (χ1n) is 7.31. The van der Waals surface area contributed by atoms with Crippen molar-refractivity contribution >= 4 is 0 Å². The van der Waals surface area contributed by atoms with E-state index >= 15 is 0 Å². The van der Waals surface area contributed by atoms with Crippen LogP contribution in [0.15, 0.2) is 71.1 Å². The van der Waals surface area contributed by atoms with Crippen LogP contribution in [0.4, 0.5) is 0 Å². The monoisotopic (exact) mass is 276 g/mol. The van der Waals surface area contributed by atoms with Crippen molar-refractivity contribution in [2.75, 3.05) is 0 Å². The molecular weight excluding hydrogens is 256 g/mol. The van der Waals surface area contributed by atoms with E-state index in [0.717, 1.165) is 22.6 Å². The van der Waals surface area contributed by atoms with Crippen molar-refractivity contribution in [1.82, 2.24) is 0 Å². The molecule has 1 heterocycles. The molecule has 0 amide bonds. The van der Waals surface area contributed by atoms with Crippen LogP contribution in [0, 0.1) is 0 Å². The lowest BCUT2D eigenvalue weighted by molar-refractivity contribution is 0.417. The fourth-order valence-corrected chi connectivity index (χ4v) is 2.40. The zero-order valence-corrected chi connectivity index (χ0v) is 12.8. The first kappa shape index (κ1) is 13.7. The van der Waals surface area contributed by atoms with Crippen molar-refractivity contribution in [2.45, 2.75) is 26.2 Å². The first-order valence-corrected chi connectivity index (χ1v) is 7.31. The molecule has 0 N–H and O–H groups in total. The molecule has 0 aliphatic heterocycles. The van der Waals surface area contributed by atoms with Crippen LogP contribution in [-0.2, 0) is 5.41 Å². The van der Waals surface area contributed by atoms with E-state index in [-0.39, 0.29) is 5.41 Å². The van der Waals surface area contributed by atoms with Gasteiger partial charge in [0.15, 0.2) is 0 Å². The Morgan fingerprint density at radius 2 is 1.24 bits per heavy atom. The summed E-state index contributed by atoms with van der Waals surface area (Å²) in [6.45, 7) is 6.53. The van der Waals surface area contributed by atoms with Gasteiger partial charge in [0.25, 0.3) is 0 Å². The Morgan fingerprint density at radius 1 is 0.714 bits per heavy atom. The molecule has 0 saturated carbocycles. The van der Waals surface area contributed by atoms with Crippen molar-refractivity contribution in [3.05, 3.63) is 72.5 Å².